The number of hydrogen-bond donors (Lipinski definition) is 2. The van der Waals surface area contributed by atoms with E-state index in [0.717, 1.165) is 16.7 Å². The third-order valence-corrected chi connectivity index (χ3v) is 6.98. The molecule has 202 valence electrons. The lowest BCUT2D eigenvalue weighted by Crippen LogP contribution is -2.73. The number of hydrogen-bond acceptors (Lipinski definition) is 5. The number of nitrogens with zero attached hydrogens (tertiary/aromatic N) is 3. The molecule has 4 rings (SSSR count). The lowest BCUT2D eigenvalue weighted by Gasteiger charge is -2.53. The van der Waals surface area contributed by atoms with Crippen molar-refractivity contribution in [2.45, 2.75) is 58.1 Å². The van der Waals surface area contributed by atoms with Crippen LogP contribution in [0.25, 0.3) is 0 Å². The number of aryl methyl sites for hydroxylation is 1. The van der Waals surface area contributed by atoms with Crippen molar-refractivity contribution < 1.29 is 29.0 Å². The SMILES string of the molecule is Cc1ccc(COCCN2C[C@@H]3N(C(=O)NCc4ccccc4)C(C)CC(=O)N3[C@@H](CC(=O)O)C2=O)cc1. The molecule has 1 unspecified atom stereocenters. The van der Waals surface area contributed by atoms with Crippen molar-refractivity contribution >= 4 is 23.8 Å². The minimum Gasteiger partial charge on any atom is -0.481 e. The molecule has 0 spiro atoms. The highest BCUT2D eigenvalue weighted by Crippen LogP contribution is 2.30. The van der Waals surface area contributed by atoms with Crippen LogP contribution in [0.3, 0.4) is 0 Å². The minimum absolute atomic E-state index is 0.0122. The molecule has 2 aliphatic heterocycles. The van der Waals surface area contributed by atoms with E-state index in [1.807, 2.05) is 61.5 Å². The quantitative estimate of drug-likeness (QED) is 0.488. The molecule has 2 aromatic rings. The predicted molar refractivity (Wildman–Crippen MR) is 139 cm³/mol. The normalized spacial score (nSPS) is 21.3. The summed E-state index contributed by atoms with van der Waals surface area (Å²) < 4.78 is 5.78. The summed E-state index contributed by atoms with van der Waals surface area (Å²) in [5, 5.41) is 12.4. The molecule has 0 radical (unpaired) electrons. The van der Waals surface area contributed by atoms with Gasteiger partial charge in [0.25, 0.3) is 0 Å². The molecule has 4 amide bonds. The molecule has 2 heterocycles. The first-order valence-electron chi connectivity index (χ1n) is 12.8. The smallest absolute Gasteiger partial charge is 0.319 e. The second-order valence-corrected chi connectivity index (χ2v) is 9.82. The maximum Gasteiger partial charge on any atom is 0.319 e. The zero-order valence-electron chi connectivity index (χ0n) is 21.7. The molecular formula is C28H34N4O6. The zero-order chi connectivity index (χ0) is 27.2. The average molecular weight is 523 g/mol. The molecule has 3 atom stereocenters. The van der Waals surface area contributed by atoms with Gasteiger partial charge in [-0.2, -0.15) is 0 Å². The third kappa shape index (κ3) is 6.31. The van der Waals surface area contributed by atoms with Crippen LogP contribution in [0.5, 0.6) is 0 Å². The summed E-state index contributed by atoms with van der Waals surface area (Å²) in [5.74, 6) is -1.97. The van der Waals surface area contributed by atoms with E-state index < -0.39 is 36.5 Å². The number of amides is 4. The fourth-order valence-corrected chi connectivity index (χ4v) is 5.03. The number of carboxylic acid groups (broad SMARTS) is 1. The standard InChI is InChI=1S/C28H34N4O6/c1-19-8-10-22(11-9-19)18-38-13-12-30-17-24-31(28(37)29-16-21-6-4-3-5-7-21)20(2)14-25(33)32(24)23(27(30)36)15-26(34)35/h3-11,20,23-24H,12-18H2,1-2H3,(H,29,37)(H,34,35)/t20?,23-,24+/m0/s1. The van der Waals surface area contributed by atoms with Crippen molar-refractivity contribution in [3.8, 4) is 0 Å². The van der Waals surface area contributed by atoms with Crippen LogP contribution in [0.1, 0.15) is 36.5 Å². The highest BCUT2D eigenvalue weighted by molar-refractivity contribution is 5.93. The fourth-order valence-electron chi connectivity index (χ4n) is 5.03. The van der Waals surface area contributed by atoms with Gasteiger partial charge < -0.3 is 25.0 Å². The van der Waals surface area contributed by atoms with Gasteiger partial charge in [0.15, 0.2) is 0 Å². The Morgan fingerprint density at radius 3 is 2.45 bits per heavy atom. The van der Waals surface area contributed by atoms with E-state index in [4.69, 9.17) is 4.74 Å². The molecule has 2 N–H and O–H groups in total. The summed E-state index contributed by atoms with van der Waals surface area (Å²) in [4.78, 5) is 55.7. The first-order chi connectivity index (χ1) is 18.2. The van der Waals surface area contributed by atoms with Crippen LogP contribution in [0, 0.1) is 6.92 Å². The van der Waals surface area contributed by atoms with Crippen molar-refractivity contribution in [1.82, 2.24) is 20.0 Å². The molecule has 38 heavy (non-hydrogen) atoms. The van der Waals surface area contributed by atoms with E-state index in [9.17, 15) is 24.3 Å². The Morgan fingerprint density at radius 1 is 1.05 bits per heavy atom. The Bertz CT molecular complexity index is 1160. The Hall–Kier alpha value is -3.92. The summed E-state index contributed by atoms with van der Waals surface area (Å²) in [7, 11) is 0. The number of piperazine rings is 1. The average Bonchev–Trinajstić information content (AvgIpc) is 2.88. The van der Waals surface area contributed by atoms with E-state index in [1.54, 1.807) is 11.8 Å². The monoisotopic (exact) mass is 522 g/mol. The highest BCUT2D eigenvalue weighted by atomic mass is 16.5. The van der Waals surface area contributed by atoms with E-state index in [0.29, 0.717) is 13.2 Å². The maximum atomic E-state index is 13.3. The van der Waals surface area contributed by atoms with Crippen LogP contribution in [-0.4, -0.2) is 81.6 Å². The maximum absolute atomic E-state index is 13.3. The molecule has 2 aromatic carbocycles. The van der Waals surface area contributed by atoms with Gasteiger partial charge in [-0.15, -0.1) is 0 Å². The molecule has 2 aliphatic rings. The first-order valence-corrected chi connectivity index (χ1v) is 12.8. The molecule has 2 fully saturated rings. The van der Waals surface area contributed by atoms with Crippen molar-refractivity contribution in [2.75, 3.05) is 19.7 Å². The Balaban J connectivity index is 1.48. The summed E-state index contributed by atoms with van der Waals surface area (Å²) in [5.41, 5.74) is 3.08. The molecule has 0 saturated carbocycles. The highest BCUT2D eigenvalue weighted by Gasteiger charge is 2.51. The molecular weight excluding hydrogens is 488 g/mol. The van der Waals surface area contributed by atoms with Crippen LogP contribution in [0.4, 0.5) is 4.79 Å². The van der Waals surface area contributed by atoms with Gasteiger partial charge in [0.2, 0.25) is 11.8 Å². The lowest BCUT2D eigenvalue weighted by atomic mass is 9.98. The number of nitrogens with one attached hydrogen (secondary N) is 1. The minimum atomic E-state index is -1.19. The van der Waals surface area contributed by atoms with Crippen molar-refractivity contribution in [3.05, 3.63) is 71.3 Å². The second kappa shape index (κ2) is 12.1. The number of fused-ring (bicyclic) bond motifs is 1. The van der Waals surface area contributed by atoms with Gasteiger partial charge in [0, 0.05) is 25.6 Å². The number of carbonyl (C=O) groups is 4. The number of benzene rings is 2. The molecule has 0 aromatic heterocycles. The van der Waals surface area contributed by atoms with Crippen LogP contribution >= 0.6 is 0 Å². The largest absolute Gasteiger partial charge is 0.481 e. The van der Waals surface area contributed by atoms with Gasteiger partial charge in [-0.1, -0.05) is 60.2 Å². The van der Waals surface area contributed by atoms with Gasteiger partial charge in [-0.05, 0) is 25.0 Å². The number of urea groups is 1. The van der Waals surface area contributed by atoms with Crippen LogP contribution in [-0.2, 0) is 32.3 Å². The number of aliphatic carboxylic acids is 1. The van der Waals surface area contributed by atoms with Gasteiger partial charge in [0.05, 0.1) is 26.2 Å². The van der Waals surface area contributed by atoms with Gasteiger partial charge in [-0.25, -0.2) is 4.79 Å². The summed E-state index contributed by atoms with van der Waals surface area (Å²) in [6, 6.07) is 15.4. The summed E-state index contributed by atoms with van der Waals surface area (Å²) in [6.07, 6.45) is -1.30. The number of carboxylic acids is 1. The summed E-state index contributed by atoms with van der Waals surface area (Å²) >= 11 is 0. The Labute approximate surface area is 222 Å². The first kappa shape index (κ1) is 27.1. The zero-order valence-corrected chi connectivity index (χ0v) is 21.7. The van der Waals surface area contributed by atoms with Crippen molar-refractivity contribution in [1.29, 1.82) is 0 Å². The van der Waals surface area contributed by atoms with Gasteiger partial charge >= 0.3 is 12.0 Å². The fraction of sp³-hybridized carbons (Fsp3) is 0.429. The van der Waals surface area contributed by atoms with Gasteiger partial charge in [0.1, 0.15) is 12.2 Å². The van der Waals surface area contributed by atoms with E-state index in [-0.39, 0.29) is 38.1 Å². The molecule has 0 aliphatic carbocycles. The molecule has 0 bridgehead atoms. The van der Waals surface area contributed by atoms with Crippen LogP contribution in [0.15, 0.2) is 54.6 Å². The Morgan fingerprint density at radius 2 is 1.76 bits per heavy atom. The summed E-state index contributed by atoms with van der Waals surface area (Å²) in [6.45, 7) is 5.00. The molecule has 10 heteroatoms. The van der Waals surface area contributed by atoms with Crippen molar-refractivity contribution in [3.63, 3.8) is 0 Å². The third-order valence-electron chi connectivity index (χ3n) is 6.98. The predicted octanol–water partition coefficient (Wildman–Crippen LogP) is 2.36. The number of carbonyl (C=O) groups excluding carboxylic acids is 3. The number of ether oxygens (including phenoxy) is 1. The molecule has 10 nitrogen and oxygen atoms in total. The van der Waals surface area contributed by atoms with E-state index in [2.05, 4.69) is 5.32 Å². The number of rotatable bonds is 9. The second-order valence-electron chi connectivity index (χ2n) is 9.82. The van der Waals surface area contributed by atoms with Crippen LogP contribution in [0.2, 0.25) is 0 Å². The topological polar surface area (TPSA) is 119 Å². The molecule has 2 saturated heterocycles. The van der Waals surface area contributed by atoms with E-state index in [1.165, 1.54) is 9.80 Å². The van der Waals surface area contributed by atoms with Crippen LogP contribution < -0.4 is 5.32 Å². The Kier molecular flexibility index (Phi) is 8.62. The van der Waals surface area contributed by atoms with E-state index >= 15 is 0 Å². The van der Waals surface area contributed by atoms with Crippen molar-refractivity contribution in [2.24, 2.45) is 0 Å². The lowest BCUT2D eigenvalue weighted by molar-refractivity contribution is -0.172. The van der Waals surface area contributed by atoms with Gasteiger partial charge in [-0.3, -0.25) is 19.3 Å².